The molecule has 1 saturated carbocycles. The Morgan fingerprint density at radius 2 is 2.38 bits per heavy atom. The Hall–Kier alpha value is -0.990. The van der Waals surface area contributed by atoms with Gasteiger partial charge in [-0.2, -0.15) is 0 Å². The molecule has 4 atom stereocenters. The van der Waals surface area contributed by atoms with Gasteiger partial charge in [-0.25, -0.2) is 0 Å². The molecule has 3 nitrogen and oxygen atoms in total. The molecule has 3 aliphatic rings. The molecule has 1 fully saturated rings. The van der Waals surface area contributed by atoms with Gasteiger partial charge in [0.15, 0.2) is 5.96 Å². The summed E-state index contributed by atoms with van der Waals surface area (Å²) < 4.78 is 0. The van der Waals surface area contributed by atoms with E-state index >= 15 is 0 Å². The molecule has 3 rings (SSSR count). The minimum absolute atomic E-state index is 0.507. The lowest BCUT2D eigenvalue weighted by Gasteiger charge is -2.18. The first-order chi connectivity index (χ1) is 7.81. The summed E-state index contributed by atoms with van der Waals surface area (Å²) in [5, 5.41) is 6.75. The van der Waals surface area contributed by atoms with E-state index in [1.165, 1.54) is 19.3 Å². The highest BCUT2D eigenvalue weighted by molar-refractivity contribution is 5.81. The summed E-state index contributed by atoms with van der Waals surface area (Å²) in [4.78, 5) is 4.41. The summed E-state index contributed by atoms with van der Waals surface area (Å²) in [5.41, 5.74) is 0. The molecule has 2 bridgehead atoms. The molecule has 1 heterocycles. The van der Waals surface area contributed by atoms with E-state index in [-0.39, 0.29) is 0 Å². The van der Waals surface area contributed by atoms with Gasteiger partial charge in [0.25, 0.3) is 0 Å². The number of nitrogens with zero attached hydrogens (tertiary/aromatic N) is 1. The highest BCUT2D eigenvalue weighted by Crippen LogP contribution is 2.44. The molecule has 2 aliphatic carbocycles. The molecule has 0 amide bonds. The summed E-state index contributed by atoms with van der Waals surface area (Å²) in [5.74, 6) is 3.70. The van der Waals surface area contributed by atoms with Crippen molar-refractivity contribution in [1.82, 2.24) is 10.6 Å². The van der Waals surface area contributed by atoms with Gasteiger partial charge < -0.3 is 10.6 Å². The normalized spacial score (nSPS) is 39.9. The molecular weight excluding hydrogens is 198 g/mol. The van der Waals surface area contributed by atoms with Crippen LogP contribution < -0.4 is 10.6 Å². The Morgan fingerprint density at radius 3 is 3.00 bits per heavy atom. The molecule has 88 valence electrons. The van der Waals surface area contributed by atoms with Gasteiger partial charge >= 0.3 is 0 Å². The SMILES string of the molecule is CC1CN=C(NCCC2C[C@@H]3C=C[C@H]2C3)N1. The van der Waals surface area contributed by atoms with E-state index in [0.717, 1.165) is 36.8 Å². The van der Waals surface area contributed by atoms with E-state index < -0.39 is 0 Å². The van der Waals surface area contributed by atoms with Crippen LogP contribution in [0.4, 0.5) is 0 Å². The van der Waals surface area contributed by atoms with Crippen LogP contribution in [0.1, 0.15) is 26.2 Å². The third-order valence-electron chi connectivity index (χ3n) is 4.13. The zero-order valence-corrected chi connectivity index (χ0v) is 9.95. The van der Waals surface area contributed by atoms with Crippen LogP contribution in [0, 0.1) is 17.8 Å². The molecule has 0 aromatic carbocycles. The van der Waals surface area contributed by atoms with Gasteiger partial charge in [0.05, 0.1) is 6.54 Å². The second kappa shape index (κ2) is 4.11. The van der Waals surface area contributed by atoms with Crippen LogP contribution in [0.5, 0.6) is 0 Å². The highest BCUT2D eigenvalue weighted by atomic mass is 15.2. The van der Waals surface area contributed by atoms with Crippen LogP contribution in [0.2, 0.25) is 0 Å². The number of aliphatic imine (C=N–C) groups is 1. The smallest absolute Gasteiger partial charge is 0.191 e. The van der Waals surface area contributed by atoms with Crippen molar-refractivity contribution in [3.05, 3.63) is 12.2 Å². The van der Waals surface area contributed by atoms with Gasteiger partial charge in [0.2, 0.25) is 0 Å². The number of guanidine groups is 1. The number of allylic oxidation sites excluding steroid dienone is 2. The monoisotopic (exact) mass is 219 g/mol. The van der Waals surface area contributed by atoms with Gasteiger partial charge in [-0.15, -0.1) is 0 Å². The van der Waals surface area contributed by atoms with Crippen LogP contribution in [-0.2, 0) is 0 Å². The number of rotatable bonds is 3. The second-order valence-corrected chi connectivity index (χ2v) is 5.49. The summed E-state index contributed by atoms with van der Waals surface area (Å²) in [6.45, 7) is 4.15. The first-order valence-electron chi connectivity index (χ1n) is 6.54. The molecule has 0 saturated heterocycles. The second-order valence-electron chi connectivity index (χ2n) is 5.49. The van der Waals surface area contributed by atoms with Gasteiger partial charge in [-0.1, -0.05) is 12.2 Å². The number of fused-ring (bicyclic) bond motifs is 2. The largest absolute Gasteiger partial charge is 0.356 e. The topological polar surface area (TPSA) is 36.4 Å². The Bertz CT molecular complexity index is 321. The fourth-order valence-electron chi connectivity index (χ4n) is 3.26. The van der Waals surface area contributed by atoms with E-state index in [1.54, 1.807) is 0 Å². The molecular formula is C13H21N3. The van der Waals surface area contributed by atoms with Crippen LogP contribution in [-0.4, -0.2) is 25.1 Å². The van der Waals surface area contributed by atoms with Crippen molar-refractivity contribution in [1.29, 1.82) is 0 Å². The molecule has 2 N–H and O–H groups in total. The van der Waals surface area contributed by atoms with Gasteiger partial charge in [-0.3, -0.25) is 4.99 Å². The van der Waals surface area contributed by atoms with Crippen molar-refractivity contribution in [2.75, 3.05) is 13.1 Å². The van der Waals surface area contributed by atoms with Crippen LogP contribution in [0.15, 0.2) is 17.1 Å². The van der Waals surface area contributed by atoms with E-state index in [2.05, 4.69) is 34.7 Å². The maximum atomic E-state index is 4.41. The molecule has 0 spiro atoms. The van der Waals surface area contributed by atoms with Crippen LogP contribution in [0.25, 0.3) is 0 Å². The minimum atomic E-state index is 0.507. The van der Waals surface area contributed by atoms with Gasteiger partial charge in [-0.05, 0) is 43.9 Å². The zero-order chi connectivity index (χ0) is 11.0. The average Bonchev–Trinajstić information content (AvgIpc) is 2.94. The lowest BCUT2D eigenvalue weighted by molar-refractivity contribution is 0.415. The number of hydrogen-bond donors (Lipinski definition) is 2. The first kappa shape index (κ1) is 10.2. The third kappa shape index (κ3) is 1.95. The molecule has 2 unspecified atom stereocenters. The zero-order valence-electron chi connectivity index (χ0n) is 9.95. The van der Waals surface area contributed by atoms with Crippen molar-refractivity contribution in [2.24, 2.45) is 22.7 Å². The molecule has 1 aliphatic heterocycles. The molecule has 3 heteroatoms. The Labute approximate surface area is 97.4 Å². The quantitative estimate of drug-likeness (QED) is 0.706. The Kier molecular flexibility index (Phi) is 2.62. The van der Waals surface area contributed by atoms with E-state index in [1.807, 2.05) is 0 Å². The lowest BCUT2D eigenvalue weighted by Crippen LogP contribution is -2.38. The molecule has 0 aromatic heterocycles. The summed E-state index contributed by atoms with van der Waals surface area (Å²) >= 11 is 0. The van der Waals surface area contributed by atoms with E-state index in [0.29, 0.717) is 6.04 Å². The van der Waals surface area contributed by atoms with E-state index in [9.17, 15) is 0 Å². The van der Waals surface area contributed by atoms with Gasteiger partial charge in [0.1, 0.15) is 0 Å². The summed E-state index contributed by atoms with van der Waals surface area (Å²) in [6.07, 6.45) is 8.98. The van der Waals surface area contributed by atoms with Crippen molar-refractivity contribution in [3.8, 4) is 0 Å². The Balaban J connectivity index is 1.40. The first-order valence-corrected chi connectivity index (χ1v) is 6.54. The van der Waals surface area contributed by atoms with Crippen LogP contribution >= 0.6 is 0 Å². The molecule has 16 heavy (non-hydrogen) atoms. The van der Waals surface area contributed by atoms with Crippen LogP contribution in [0.3, 0.4) is 0 Å². The van der Waals surface area contributed by atoms with Gasteiger partial charge in [0, 0.05) is 12.6 Å². The number of hydrogen-bond acceptors (Lipinski definition) is 3. The Morgan fingerprint density at radius 1 is 1.44 bits per heavy atom. The molecule has 0 aromatic rings. The maximum absolute atomic E-state index is 4.41. The van der Waals surface area contributed by atoms with E-state index in [4.69, 9.17) is 0 Å². The van der Waals surface area contributed by atoms with Crippen molar-refractivity contribution in [2.45, 2.75) is 32.2 Å². The highest BCUT2D eigenvalue weighted by Gasteiger charge is 2.34. The fraction of sp³-hybridized carbons (Fsp3) is 0.769. The van der Waals surface area contributed by atoms with Crippen molar-refractivity contribution < 1.29 is 0 Å². The standard InChI is InChI=1S/C13H21N3/c1-9-8-15-13(16-9)14-5-4-12-7-10-2-3-11(12)6-10/h2-3,9-12H,4-8H2,1H3,(H2,14,15,16)/t9?,10-,11+,12?/m1/s1. The lowest BCUT2D eigenvalue weighted by atomic mass is 9.91. The number of nitrogens with one attached hydrogen (secondary N) is 2. The minimum Gasteiger partial charge on any atom is -0.356 e. The predicted molar refractivity (Wildman–Crippen MR) is 66.4 cm³/mol. The fourth-order valence-corrected chi connectivity index (χ4v) is 3.26. The average molecular weight is 219 g/mol. The molecule has 0 radical (unpaired) electrons. The van der Waals surface area contributed by atoms with Crippen molar-refractivity contribution in [3.63, 3.8) is 0 Å². The third-order valence-corrected chi connectivity index (χ3v) is 4.13. The summed E-state index contributed by atoms with van der Waals surface area (Å²) in [6, 6.07) is 0.507. The van der Waals surface area contributed by atoms with Crippen molar-refractivity contribution >= 4 is 5.96 Å². The summed E-state index contributed by atoms with van der Waals surface area (Å²) in [7, 11) is 0. The predicted octanol–water partition coefficient (Wildman–Crippen LogP) is 1.53. The maximum Gasteiger partial charge on any atom is 0.191 e.